The molecule has 4 rings (SSSR count). The first-order valence-corrected chi connectivity index (χ1v) is 11.5. The summed E-state index contributed by atoms with van der Waals surface area (Å²) in [5.41, 5.74) is 4.82. The Kier molecular flexibility index (Phi) is 7.39. The van der Waals surface area contributed by atoms with Crippen LogP contribution in [0.4, 0.5) is 0 Å². The molecule has 1 heterocycles. The normalized spacial score (nSPS) is 18.9. The van der Waals surface area contributed by atoms with Crippen molar-refractivity contribution in [1.29, 1.82) is 0 Å². The second-order valence-electron chi connectivity index (χ2n) is 8.55. The lowest BCUT2D eigenvalue weighted by Crippen LogP contribution is -2.37. The number of aryl methyl sites for hydroxylation is 1. The molecular formula is C28H33NO2. The summed E-state index contributed by atoms with van der Waals surface area (Å²) in [7, 11) is 0. The zero-order chi connectivity index (χ0) is 21.5. The highest BCUT2D eigenvalue weighted by Gasteiger charge is 2.28. The van der Waals surface area contributed by atoms with E-state index in [1.807, 2.05) is 24.3 Å². The van der Waals surface area contributed by atoms with E-state index in [-0.39, 0.29) is 6.04 Å². The largest absolute Gasteiger partial charge is 0.489 e. The minimum absolute atomic E-state index is 0.120. The number of fused-ring (bicyclic) bond motifs is 1. The van der Waals surface area contributed by atoms with E-state index in [4.69, 9.17) is 4.74 Å². The van der Waals surface area contributed by atoms with Gasteiger partial charge in [-0.15, -0.1) is 0 Å². The molecule has 0 aliphatic carbocycles. The minimum atomic E-state index is -0.463. The average Bonchev–Trinajstić information content (AvgIpc) is 2.93. The Hall–Kier alpha value is -2.62. The molecule has 0 saturated carbocycles. The topological polar surface area (TPSA) is 32.7 Å². The van der Waals surface area contributed by atoms with E-state index in [0.29, 0.717) is 6.61 Å². The van der Waals surface area contributed by atoms with Gasteiger partial charge in [0.15, 0.2) is 0 Å². The van der Waals surface area contributed by atoms with E-state index in [1.54, 1.807) is 0 Å². The van der Waals surface area contributed by atoms with Crippen molar-refractivity contribution >= 4 is 0 Å². The van der Waals surface area contributed by atoms with Gasteiger partial charge in [-0.3, -0.25) is 4.90 Å². The minimum Gasteiger partial charge on any atom is -0.489 e. The molecule has 2 atom stereocenters. The number of ether oxygens (including phenoxy) is 1. The molecular weight excluding hydrogens is 382 g/mol. The van der Waals surface area contributed by atoms with Crippen LogP contribution in [0.5, 0.6) is 5.75 Å². The fraction of sp³-hybridized carbons (Fsp3) is 0.357. The Morgan fingerprint density at radius 1 is 0.903 bits per heavy atom. The molecule has 1 N–H and O–H groups in total. The maximum atomic E-state index is 11.0. The first-order valence-electron chi connectivity index (χ1n) is 11.5. The van der Waals surface area contributed by atoms with Crippen LogP contribution in [0, 0.1) is 0 Å². The van der Waals surface area contributed by atoms with E-state index >= 15 is 0 Å². The molecule has 0 spiro atoms. The van der Waals surface area contributed by atoms with Gasteiger partial charge in [-0.2, -0.15) is 0 Å². The third-order valence-electron chi connectivity index (χ3n) is 6.39. The summed E-state index contributed by atoms with van der Waals surface area (Å²) in [4.78, 5) is 2.44. The summed E-state index contributed by atoms with van der Waals surface area (Å²) in [6.07, 6.45) is 3.92. The molecule has 3 aromatic rings. The van der Waals surface area contributed by atoms with Gasteiger partial charge in [-0.1, -0.05) is 66.7 Å². The van der Waals surface area contributed by atoms with Crippen LogP contribution < -0.4 is 4.74 Å². The summed E-state index contributed by atoms with van der Waals surface area (Å²) in [5, 5.41) is 11.0. The standard InChI is InChI=1S/C28H33NO2/c1-22-28(30)27-16-15-26(31-21-24-13-6-3-7-14-24)20-25(27)17-19-29(22)18-9-8-12-23-10-4-2-5-11-23/h2-7,10-11,13-16,20,22,28,30H,8-9,12,17-19,21H2,1H3/t22?,28-/m0/s1. The smallest absolute Gasteiger partial charge is 0.120 e. The van der Waals surface area contributed by atoms with Crippen LogP contribution in [-0.2, 0) is 19.4 Å². The molecule has 0 amide bonds. The molecule has 0 aromatic heterocycles. The molecule has 1 aliphatic heterocycles. The second kappa shape index (κ2) is 10.6. The summed E-state index contributed by atoms with van der Waals surface area (Å²) in [6, 6.07) is 27.2. The van der Waals surface area contributed by atoms with Crippen molar-refractivity contribution in [3.63, 3.8) is 0 Å². The molecule has 0 radical (unpaired) electrons. The number of benzene rings is 3. The lowest BCUT2D eigenvalue weighted by atomic mass is 9.98. The quantitative estimate of drug-likeness (QED) is 0.488. The number of unbranched alkanes of at least 4 members (excludes halogenated alkanes) is 1. The number of nitrogens with zero attached hydrogens (tertiary/aromatic N) is 1. The first-order chi connectivity index (χ1) is 15.2. The molecule has 31 heavy (non-hydrogen) atoms. The van der Waals surface area contributed by atoms with Crippen LogP contribution in [0.1, 0.15) is 48.1 Å². The van der Waals surface area contributed by atoms with Gasteiger partial charge in [0.05, 0.1) is 6.10 Å². The van der Waals surface area contributed by atoms with Crippen molar-refractivity contribution in [3.8, 4) is 5.75 Å². The molecule has 162 valence electrons. The predicted molar refractivity (Wildman–Crippen MR) is 126 cm³/mol. The molecule has 1 aliphatic rings. The molecule has 1 unspecified atom stereocenters. The number of hydrogen-bond donors (Lipinski definition) is 1. The van der Waals surface area contributed by atoms with E-state index < -0.39 is 6.10 Å². The highest BCUT2D eigenvalue weighted by Crippen LogP contribution is 2.31. The van der Waals surface area contributed by atoms with Crippen LogP contribution in [0.2, 0.25) is 0 Å². The number of rotatable bonds is 8. The highest BCUT2D eigenvalue weighted by atomic mass is 16.5. The van der Waals surface area contributed by atoms with E-state index in [2.05, 4.69) is 66.4 Å². The van der Waals surface area contributed by atoms with Crippen molar-refractivity contribution in [2.45, 2.75) is 51.4 Å². The van der Waals surface area contributed by atoms with E-state index in [0.717, 1.165) is 49.2 Å². The highest BCUT2D eigenvalue weighted by molar-refractivity contribution is 5.38. The molecule has 3 nitrogen and oxygen atoms in total. The molecule has 0 fully saturated rings. The Morgan fingerprint density at radius 3 is 2.35 bits per heavy atom. The maximum absolute atomic E-state index is 11.0. The van der Waals surface area contributed by atoms with E-state index in [1.165, 1.54) is 17.5 Å². The summed E-state index contributed by atoms with van der Waals surface area (Å²) >= 11 is 0. The summed E-state index contributed by atoms with van der Waals surface area (Å²) in [6.45, 7) is 4.71. The zero-order valence-corrected chi connectivity index (χ0v) is 18.4. The third-order valence-corrected chi connectivity index (χ3v) is 6.39. The van der Waals surface area contributed by atoms with E-state index in [9.17, 15) is 5.11 Å². The number of aliphatic hydroxyl groups excluding tert-OH is 1. The van der Waals surface area contributed by atoms with Crippen LogP contribution in [0.25, 0.3) is 0 Å². The van der Waals surface area contributed by atoms with Crippen molar-refractivity contribution in [2.24, 2.45) is 0 Å². The van der Waals surface area contributed by atoms with Crippen molar-refractivity contribution < 1.29 is 9.84 Å². The Labute approximate surface area is 186 Å². The van der Waals surface area contributed by atoms with Crippen LogP contribution in [0.15, 0.2) is 78.9 Å². The average molecular weight is 416 g/mol. The second-order valence-corrected chi connectivity index (χ2v) is 8.55. The van der Waals surface area contributed by atoms with Crippen LogP contribution in [0.3, 0.4) is 0 Å². The fourth-order valence-electron chi connectivity index (χ4n) is 4.45. The molecule has 3 aromatic carbocycles. The van der Waals surface area contributed by atoms with Gasteiger partial charge < -0.3 is 9.84 Å². The third kappa shape index (κ3) is 5.75. The maximum Gasteiger partial charge on any atom is 0.120 e. The number of hydrogen-bond acceptors (Lipinski definition) is 3. The lowest BCUT2D eigenvalue weighted by molar-refractivity contribution is 0.0635. The zero-order valence-electron chi connectivity index (χ0n) is 18.4. The van der Waals surface area contributed by atoms with Crippen molar-refractivity contribution in [3.05, 3.63) is 101 Å². The van der Waals surface area contributed by atoms with Crippen molar-refractivity contribution in [1.82, 2.24) is 4.90 Å². The van der Waals surface area contributed by atoms with Gasteiger partial charge in [-0.05, 0) is 73.5 Å². The van der Waals surface area contributed by atoms with Gasteiger partial charge >= 0.3 is 0 Å². The van der Waals surface area contributed by atoms with Gasteiger partial charge in [0.2, 0.25) is 0 Å². The molecule has 0 saturated heterocycles. The fourth-order valence-corrected chi connectivity index (χ4v) is 4.45. The Balaban J connectivity index is 1.33. The predicted octanol–water partition coefficient (Wildman–Crippen LogP) is 5.57. The lowest BCUT2D eigenvalue weighted by Gasteiger charge is -2.30. The summed E-state index contributed by atoms with van der Waals surface area (Å²) in [5.74, 6) is 0.874. The van der Waals surface area contributed by atoms with Crippen molar-refractivity contribution in [2.75, 3.05) is 13.1 Å². The first kappa shape index (κ1) is 21.6. The monoisotopic (exact) mass is 415 g/mol. The molecule has 0 bridgehead atoms. The van der Waals surface area contributed by atoms with Crippen LogP contribution in [-0.4, -0.2) is 29.1 Å². The SMILES string of the molecule is CC1[C@H](O)c2ccc(OCc3ccccc3)cc2CCN1CCCCc1ccccc1. The number of aliphatic hydroxyl groups is 1. The van der Waals surface area contributed by atoms with Crippen LogP contribution >= 0.6 is 0 Å². The van der Waals surface area contributed by atoms with Gasteiger partial charge in [-0.25, -0.2) is 0 Å². The molecule has 3 heteroatoms. The Bertz CT molecular complexity index is 942. The van der Waals surface area contributed by atoms with Gasteiger partial charge in [0.1, 0.15) is 12.4 Å². The van der Waals surface area contributed by atoms with Gasteiger partial charge in [0.25, 0.3) is 0 Å². The Morgan fingerprint density at radius 2 is 1.61 bits per heavy atom. The van der Waals surface area contributed by atoms with Gasteiger partial charge in [0, 0.05) is 12.6 Å². The summed E-state index contributed by atoms with van der Waals surface area (Å²) < 4.78 is 6.01.